The minimum absolute atomic E-state index is 0.255. The van der Waals surface area contributed by atoms with Gasteiger partial charge in [-0.05, 0) is 68.6 Å². The predicted octanol–water partition coefficient (Wildman–Crippen LogP) is 4.93. The summed E-state index contributed by atoms with van der Waals surface area (Å²) >= 11 is 0. The predicted molar refractivity (Wildman–Crippen MR) is 170 cm³/mol. The average Bonchev–Trinajstić information content (AvgIpc) is 3.41. The Hall–Kier alpha value is -3.28. The molecule has 3 aromatic rings. The van der Waals surface area contributed by atoms with Gasteiger partial charge in [-0.1, -0.05) is 13.8 Å². The van der Waals surface area contributed by atoms with Gasteiger partial charge < -0.3 is 14.4 Å². The lowest BCUT2D eigenvalue weighted by Gasteiger charge is -2.58. The van der Waals surface area contributed by atoms with Crippen LogP contribution in [0.5, 0.6) is 11.6 Å². The Morgan fingerprint density at radius 3 is 2.65 bits per heavy atom. The van der Waals surface area contributed by atoms with Gasteiger partial charge in [0, 0.05) is 79.5 Å². The second kappa shape index (κ2) is 11.2. The first-order chi connectivity index (χ1) is 22.4. The largest absolute Gasteiger partial charge is 0.434 e. The Morgan fingerprint density at radius 1 is 1.02 bits per heavy atom. The zero-order chi connectivity index (χ0) is 31.0. The summed E-state index contributed by atoms with van der Waals surface area (Å²) in [5, 5.41) is 8.44. The lowest BCUT2D eigenvalue weighted by Crippen LogP contribution is -2.65. The van der Waals surface area contributed by atoms with Gasteiger partial charge in [-0.15, -0.1) is 10.2 Å². The normalized spacial score (nSPS) is 29.3. The minimum Gasteiger partial charge on any atom is -0.434 e. The number of halogens is 1. The lowest BCUT2D eigenvalue weighted by molar-refractivity contribution is -0.0898. The van der Waals surface area contributed by atoms with Crippen LogP contribution >= 0.6 is 0 Å². The van der Waals surface area contributed by atoms with E-state index < -0.39 is 0 Å². The van der Waals surface area contributed by atoms with Crippen LogP contribution < -0.4 is 9.64 Å². The summed E-state index contributed by atoms with van der Waals surface area (Å²) in [6.07, 6.45) is 12.5. The first kappa shape index (κ1) is 28.9. The summed E-state index contributed by atoms with van der Waals surface area (Å²) in [6.45, 7) is 11.0. The monoisotopic (exact) mass is 626 g/mol. The number of rotatable bonds is 9. The molecule has 0 unspecified atom stereocenters. The molecule has 1 aromatic carbocycles. The van der Waals surface area contributed by atoms with Crippen LogP contribution in [0, 0.1) is 23.1 Å². The third-order valence-electron chi connectivity index (χ3n) is 11.7. The zero-order valence-electron chi connectivity index (χ0n) is 26.8. The zero-order valence-corrected chi connectivity index (χ0v) is 26.8. The Labute approximate surface area is 269 Å². The first-order valence-corrected chi connectivity index (χ1v) is 17.2. The molecule has 2 bridgehead atoms. The average molecular weight is 627 g/mol. The van der Waals surface area contributed by atoms with Gasteiger partial charge >= 0.3 is 0 Å². The Kier molecular flexibility index (Phi) is 7.01. The number of likely N-dealkylation sites (tertiary alicyclic amines) is 2. The molecular formula is C35H43FN8O2. The van der Waals surface area contributed by atoms with Crippen LogP contribution in [0.25, 0.3) is 11.1 Å². The number of anilines is 1. The van der Waals surface area contributed by atoms with Gasteiger partial charge in [0.15, 0.2) is 5.82 Å². The van der Waals surface area contributed by atoms with Crippen molar-refractivity contribution >= 4 is 5.82 Å². The fourth-order valence-electron chi connectivity index (χ4n) is 9.40. The van der Waals surface area contributed by atoms with E-state index in [0.29, 0.717) is 53.0 Å². The van der Waals surface area contributed by atoms with Gasteiger partial charge in [-0.3, -0.25) is 9.80 Å². The molecule has 6 aliphatic rings. The maximum absolute atomic E-state index is 14.6. The van der Waals surface area contributed by atoms with Crippen LogP contribution in [-0.2, 0) is 4.74 Å². The Morgan fingerprint density at radius 2 is 1.89 bits per heavy atom. The van der Waals surface area contributed by atoms with E-state index in [4.69, 9.17) is 9.47 Å². The van der Waals surface area contributed by atoms with Gasteiger partial charge in [-0.2, -0.15) is 0 Å². The maximum atomic E-state index is 14.6. The van der Waals surface area contributed by atoms with Crippen molar-refractivity contribution in [2.75, 3.05) is 44.2 Å². The maximum Gasteiger partial charge on any atom is 0.282 e. The molecule has 242 valence electrons. The van der Waals surface area contributed by atoms with Crippen molar-refractivity contribution in [3.05, 3.63) is 48.6 Å². The summed E-state index contributed by atoms with van der Waals surface area (Å²) in [5.74, 6) is 3.00. The van der Waals surface area contributed by atoms with E-state index in [1.807, 2.05) is 0 Å². The lowest BCUT2D eigenvalue weighted by atomic mass is 9.68. The second-order valence-corrected chi connectivity index (χ2v) is 15.2. The first-order valence-electron chi connectivity index (χ1n) is 17.2. The number of benzene rings is 1. The number of nitrogens with zero attached hydrogens (tertiary/aromatic N) is 8. The number of morpholine rings is 1. The van der Waals surface area contributed by atoms with E-state index >= 15 is 0 Å². The summed E-state index contributed by atoms with van der Waals surface area (Å²) in [6, 6.07) is 6.62. The van der Waals surface area contributed by atoms with Crippen LogP contribution in [0.4, 0.5) is 10.2 Å². The third kappa shape index (κ3) is 5.06. The van der Waals surface area contributed by atoms with Gasteiger partial charge in [0.05, 0.1) is 18.4 Å². The molecule has 46 heavy (non-hydrogen) atoms. The van der Waals surface area contributed by atoms with E-state index in [9.17, 15) is 4.39 Å². The van der Waals surface area contributed by atoms with E-state index in [-0.39, 0.29) is 11.2 Å². The molecule has 2 aliphatic carbocycles. The van der Waals surface area contributed by atoms with Crippen molar-refractivity contribution in [2.24, 2.45) is 17.3 Å². The number of aromatic nitrogens is 5. The number of hydrogen-bond donors (Lipinski definition) is 0. The molecule has 4 aliphatic heterocycles. The molecule has 3 atom stereocenters. The van der Waals surface area contributed by atoms with Crippen LogP contribution in [0.2, 0.25) is 0 Å². The van der Waals surface area contributed by atoms with Gasteiger partial charge in [0.1, 0.15) is 24.2 Å². The van der Waals surface area contributed by atoms with Gasteiger partial charge in [0.25, 0.3) is 5.88 Å². The van der Waals surface area contributed by atoms with E-state index in [2.05, 4.69) is 53.7 Å². The Bertz CT molecular complexity index is 1610. The van der Waals surface area contributed by atoms with Crippen molar-refractivity contribution in [3.8, 4) is 22.8 Å². The second-order valence-electron chi connectivity index (χ2n) is 15.2. The van der Waals surface area contributed by atoms with Crippen molar-refractivity contribution < 1.29 is 13.9 Å². The minimum atomic E-state index is -0.337. The molecule has 1 spiro atoms. The van der Waals surface area contributed by atoms with Crippen molar-refractivity contribution in [1.82, 2.24) is 34.9 Å². The van der Waals surface area contributed by atoms with Crippen molar-refractivity contribution in [1.29, 1.82) is 0 Å². The highest BCUT2D eigenvalue weighted by molar-refractivity contribution is 5.73. The van der Waals surface area contributed by atoms with Crippen LogP contribution in [0.1, 0.15) is 64.0 Å². The highest BCUT2D eigenvalue weighted by Crippen LogP contribution is 2.50. The quantitative estimate of drug-likeness (QED) is 0.326. The van der Waals surface area contributed by atoms with E-state index in [1.54, 1.807) is 18.6 Å². The molecule has 6 fully saturated rings. The van der Waals surface area contributed by atoms with Crippen molar-refractivity contribution in [2.45, 2.75) is 82.5 Å². The van der Waals surface area contributed by atoms with Crippen LogP contribution in [0.15, 0.2) is 37.1 Å². The van der Waals surface area contributed by atoms with Crippen LogP contribution in [0.3, 0.4) is 0 Å². The van der Waals surface area contributed by atoms with Crippen LogP contribution in [-0.4, -0.2) is 98.5 Å². The molecule has 0 amide bonds. The molecule has 4 saturated heterocycles. The molecule has 6 heterocycles. The Balaban J connectivity index is 0.883. The van der Waals surface area contributed by atoms with E-state index in [0.717, 1.165) is 81.8 Å². The molecule has 10 nitrogen and oxygen atoms in total. The molecule has 11 heteroatoms. The number of ether oxygens (including phenoxy) is 2. The summed E-state index contributed by atoms with van der Waals surface area (Å²) < 4.78 is 26.8. The summed E-state index contributed by atoms with van der Waals surface area (Å²) in [4.78, 5) is 21.3. The third-order valence-corrected chi connectivity index (χ3v) is 11.7. The van der Waals surface area contributed by atoms with Gasteiger partial charge in [0.2, 0.25) is 0 Å². The summed E-state index contributed by atoms with van der Waals surface area (Å²) in [7, 11) is 0. The highest BCUT2D eigenvalue weighted by atomic mass is 19.1. The smallest absolute Gasteiger partial charge is 0.282 e. The molecule has 0 N–H and O–H groups in total. The fourth-order valence-corrected chi connectivity index (χ4v) is 9.40. The summed E-state index contributed by atoms with van der Waals surface area (Å²) in [5.41, 5.74) is 2.61. The number of hydrogen-bond acceptors (Lipinski definition) is 10. The SMILES string of the molecule is CC(C)[C@H](C1CC(N2C[C@H]3C[C@@H]2CO3)C1)N1CC2(CCN(c3ncnnc3Oc3ccc(F)cc3-c3cncnc3C3CC3)C2)C1. The molecule has 9 rings (SSSR count). The highest BCUT2D eigenvalue weighted by Gasteiger charge is 2.54. The number of fused-ring (bicyclic) bond motifs is 2. The molecular weight excluding hydrogens is 583 g/mol. The van der Waals surface area contributed by atoms with Crippen molar-refractivity contribution in [3.63, 3.8) is 0 Å². The molecule has 0 radical (unpaired) electrons. The van der Waals surface area contributed by atoms with E-state index in [1.165, 1.54) is 37.7 Å². The fraction of sp³-hybridized carbons (Fsp3) is 0.629. The topological polar surface area (TPSA) is 92.6 Å². The standard InChI is InChI=1S/C35H43FN8O2/c1-21(2)32(23-9-25(10-23)44-14-27-12-26(44)15-45-27)43-17-35(18-43)7-8-42(16-35)33-34(41-40-20-39-33)46-30-6-5-24(36)11-28(30)29-13-37-19-38-31(29)22-3-4-22/h5-6,11,13,19-23,25-27,32H,3-4,7-10,12,14-18H2,1-2H3/t23?,25?,26-,27-,32-/m1/s1. The molecule has 2 aromatic heterocycles. The van der Waals surface area contributed by atoms with Gasteiger partial charge in [-0.25, -0.2) is 19.3 Å². The molecule has 2 saturated carbocycles.